The average molecular weight is 196 g/mol. The Balaban J connectivity index is -0.000000170. The molecule has 0 aliphatic rings. The Morgan fingerprint density at radius 3 is 1.79 bits per heavy atom. The predicted octanol–water partition coefficient (Wildman–Crippen LogP) is 5.53. The van der Waals surface area contributed by atoms with E-state index in [1.807, 2.05) is 32.9 Å². The van der Waals surface area contributed by atoms with E-state index in [9.17, 15) is 0 Å². The van der Waals surface area contributed by atoms with Gasteiger partial charge in [-0.3, -0.25) is 0 Å². The lowest BCUT2D eigenvalue weighted by Gasteiger charge is -1.82. The average Bonchev–Trinajstić information content (AvgIpc) is 2.28. The van der Waals surface area contributed by atoms with Gasteiger partial charge in [0, 0.05) is 0 Å². The number of allylic oxidation sites excluding steroid dienone is 5. The molecule has 0 rings (SSSR count). The van der Waals surface area contributed by atoms with Crippen LogP contribution in [-0.2, 0) is 0 Å². The van der Waals surface area contributed by atoms with Crippen molar-refractivity contribution in [2.45, 2.75) is 54.4 Å². The van der Waals surface area contributed by atoms with E-state index >= 15 is 0 Å². The van der Waals surface area contributed by atoms with Gasteiger partial charge in [0.25, 0.3) is 0 Å². The summed E-state index contributed by atoms with van der Waals surface area (Å²) in [5.74, 6) is 0. The smallest absolute Gasteiger partial charge is 0.0401 e. The first-order chi connectivity index (χ1) is 6.72. The molecule has 0 spiro atoms. The summed E-state index contributed by atoms with van der Waals surface area (Å²) < 4.78 is 0. The van der Waals surface area contributed by atoms with Crippen molar-refractivity contribution in [1.29, 1.82) is 0 Å². The Kier molecular flexibility index (Phi) is 30.7. The van der Waals surface area contributed by atoms with E-state index in [-0.39, 0.29) is 0 Å². The Labute approximate surface area is 91.4 Å². The van der Waals surface area contributed by atoms with Crippen LogP contribution in [0.1, 0.15) is 54.4 Å². The molecule has 0 aliphatic carbocycles. The molecule has 0 atom stereocenters. The van der Waals surface area contributed by atoms with Crippen LogP contribution in [0.15, 0.2) is 36.5 Å². The summed E-state index contributed by atoms with van der Waals surface area (Å²) in [6, 6.07) is 0. The lowest BCUT2D eigenvalue weighted by Crippen LogP contribution is -1.60. The van der Waals surface area contributed by atoms with Crippen molar-refractivity contribution in [3.63, 3.8) is 0 Å². The van der Waals surface area contributed by atoms with Gasteiger partial charge in [0.1, 0.15) is 0 Å². The van der Waals surface area contributed by atoms with E-state index in [1.165, 1.54) is 18.4 Å². The Morgan fingerprint density at radius 2 is 1.57 bits per heavy atom. The van der Waals surface area contributed by atoms with Gasteiger partial charge in [-0.25, -0.2) is 0 Å². The quantitative estimate of drug-likeness (QED) is 0.521. The largest absolute Gasteiger partial charge is 0.0991 e. The number of hydrogen-bond acceptors (Lipinski definition) is 0. The van der Waals surface area contributed by atoms with Crippen LogP contribution in [0.2, 0.25) is 0 Å². The first-order valence-electron chi connectivity index (χ1n) is 5.64. The molecule has 0 aliphatic heterocycles. The Hall–Kier alpha value is -0.780. The highest BCUT2D eigenvalue weighted by Gasteiger charge is 1.70. The van der Waals surface area contributed by atoms with E-state index < -0.39 is 0 Å². The van der Waals surface area contributed by atoms with E-state index in [2.05, 4.69) is 33.4 Å². The predicted molar refractivity (Wildman–Crippen MR) is 70.7 cm³/mol. The lowest BCUT2D eigenvalue weighted by atomic mass is 10.3. The summed E-state index contributed by atoms with van der Waals surface area (Å²) in [5, 5.41) is 0. The minimum absolute atomic E-state index is 1.27. The Morgan fingerprint density at radius 1 is 1.14 bits per heavy atom. The van der Waals surface area contributed by atoms with Crippen molar-refractivity contribution in [2.75, 3.05) is 0 Å². The zero-order valence-electron chi connectivity index (χ0n) is 10.9. The minimum Gasteiger partial charge on any atom is -0.0991 e. The maximum absolute atomic E-state index is 3.55. The topological polar surface area (TPSA) is 0 Å². The molecule has 0 aromatic rings. The van der Waals surface area contributed by atoms with Crippen LogP contribution < -0.4 is 0 Å². The highest BCUT2D eigenvalue weighted by atomic mass is 13.8. The maximum Gasteiger partial charge on any atom is -0.0401 e. The standard InChI is InChI=1S/C8H12.C4H10.C2H6/c1-4-6-7-8(3)5-2;1-3-4-2;1-2/h4-7H,1H2,2-3H3;3-4H2,1-2H3;1-2H3/b7-6-,8-5-;;. The number of hydrogen-bond donors (Lipinski definition) is 0. The van der Waals surface area contributed by atoms with Gasteiger partial charge >= 0.3 is 0 Å². The minimum atomic E-state index is 1.27. The van der Waals surface area contributed by atoms with E-state index in [0.29, 0.717) is 0 Å². The van der Waals surface area contributed by atoms with Crippen LogP contribution in [0.5, 0.6) is 0 Å². The molecule has 0 heterocycles. The molecule has 0 nitrogen and oxygen atoms in total. The third kappa shape index (κ3) is 30.3. The van der Waals surface area contributed by atoms with Gasteiger partial charge < -0.3 is 0 Å². The molecular weight excluding hydrogens is 168 g/mol. The van der Waals surface area contributed by atoms with Crippen LogP contribution in [0.3, 0.4) is 0 Å². The van der Waals surface area contributed by atoms with E-state index in [4.69, 9.17) is 0 Å². The molecule has 0 aromatic carbocycles. The highest BCUT2D eigenvalue weighted by Crippen LogP contribution is 1.92. The molecule has 0 saturated carbocycles. The van der Waals surface area contributed by atoms with Gasteiger partial charge in [-0.05, 0) is 13.8 Å². The third-order valence-electron chi connectivity index (χ3n) is 1.45. The summed E-state index contributed by atoms with van der Waals surface area (Å²) in [6.45, 7) is 16.0. The molecule has 14 heavy (non-hydrogen) atoms. The molecule has 0 saturated heterocycles. The molecule has 0 bridgehead atoms. The van der Waals surface area contributed by atoms with E-state index in [1.54, 1.807) is 6.08 Å². The first-order valence-corrected chi connectivity index (χ1v) is 5.64. The van der Waals surface area contributed by atoms with Gasteiger partial charge in [0.2, 0.25) is 0 Å². The molecule has 0 N–H and O–H groups in total. The fraction of sp³-hybridized carbons (Fsp3) is 0.571. The second-order valence-corrected chi connectivity index (χ2v) is 2.63. The fourth-order valence-electron chi connectivity index (χ4n) is 0.316. The van der Waals surface area contributed by atoms with Crippen molar-refractivity contribution in [3.8, 4) is 0 Å². The number of unbranched alkanes of at least 4 members (excludes halogenated alkanes) is 1. The molecular formula is C14H28. The van der Waals surface area contributed by atoms with Crippen LogP contribution in [-0.4, -0.2) is 0 Å². The van der Waals surface area contributed by atoms with Crippen molar-refractivity contribution in [2.24, 2.45) is 0 Å². The van der Waals surface area contributed by atoms with Crippen LogP contribution in [0.4, 0.5) is 0 Å². The van der Waals surface area contributed by atoms with Crippen LogP contribution in [0.25, 0.3) is 0 Å². The van der Waals surface area contributed by atoms with Crippen molar-refractivity contribution >= 4 is 0 Å². The molecule has 0 amide bonds. The molecule has 0 heteroatoms. The molecule has 84 valence electrons. The van der Waals surface area contributed by atoms with Crippen LogP contribution >= 0.6 is 0 Å². The summed E-state index contributed by atoms with van der Waals surface area (Å²) in [5.41, 5.74) is 1.27. The second-order valence-electron chi connectivity index (χ2n) is 2.63. The van der Waals surface area contributed by atoms with Gasteiger partial charge in [-0.2, -0.15) is 0 Å². The second kappa shape index (κ2) is 22.8. The molecule has 0 radical (unpaired) electrons. The SMILES string of the molecule is C=C/C=C\C(C)=C/C.CC.CCCC. The maximum atomic E-state index is 3.55. The third-order valence-corrected chi connectivity index (χ3v) is 1.45. The summed E-state index contributed by atoms with van der Waals surface area (Å²) in [7, 11) is 0. The summed E-state index contributed by atoms with van der Waals surface area (Å²) >= 11 is 0. The van der Waals surface area contributed by atoms with Gasteiger partial charge in [0.05, 0.1) is 0 Å². The van der Waals surface area contributed by atoms with Gasteiger partial charge in [0.15, 0.2) is 0 Å². The fourth-order valence-corrected chi connectivity index (χ4v) is 0.316. The molecule has 0 aromatic heterocycles. The van der Waals surface area contributed by atoms with Gasteiger partial charge in [-0.15, -0.1) is 0 Å². The first kappa shape index (κ1) is 18.9. The number of rotatable bonds is 3. The molecule has 0 unspecified atom stereocenters. The summed E-state index contributed by atoms with van der Waals surface area (Å²) in [6.07, 6.45) is 10.4. The monoisotopic (exact) mass is 196 g/mol. The van der Waals surface area contributed by atoms with Gasteiger partial charge in [-0.1, -0.05) is 77.0 Å². The lowest BCUT2D eigenvalue weighted by molar-refractivity contribution is 0.886. The molecule has 0 fully saturated rings. The highest BCUT2D eigenvalue weighted by molar-refractivity contribution is 5.18. The zero-order chi connectivity index (χ0) is 11.8. The van der Waals surface area contributed by atoms with Crippen LogP contribution in [0, 0.1) is 0 Å². The zero-order valence-corrected chi connectivity index (χ0v) is 10.9. The van der Waals surface area contributed by atoms with Crippen molar-refractivity contribution in [3.05, 3.63) is 36.5 Å². The normalized spacial score (nSPS) is 9.71. The summed E-state index contributed by atoms with van der Waals surface area (Å²) in [4.78, 5) is 0. The van der Waals surface area contributed by atoms with Crippen molar-refractivity contribution in [1.82, 2.24) is 0 Å². The van der Waals surface area contributed by atoms with E-state index in [0.717, 1.165) is 0 Å². The Bertz CT molecular complexity index is 136. The van der Waals surface area contributed by atoms with Crippen molar-refractivity contribution < 1.29 is 0 Å².